The summed E-state index contributed by atoms with van der Waals surface area (Å²) in [6.45, 7) is -0.713. The van der Waals surface area contributed by atoms with Gasteiger partial charge in [-0.3, -0.25) is 13.9 Å². The fraction of sp³-hybridized carbons (Fsp3) is 0.188. The molecule has 8 nitrogen and oxygen atoms in total. The largest absolute Gasteiger partial charge is 0.497 e. The summed E-state index contributed by atoms with van der Waals surface area (Å²) in [5.41, 5.74) is 1.46. The van der Waals surface area contributed by atoms with E-state index in [1.54, 1.807) is 42.5 Å². The Hall–Kier alpha value is -4.41. The van der Waals surface area contributed by atoms with Crippen molar-refractivity contribution in [1.82, 2.24) is 10.2 Å². The van der Waals surface area contributed by atoms with Gasteiger partial charge in [-0.15, -0.1) is 0 Å². The zero-order valence-corrected chi connectivity index (χ0v) is 25.2. The lowest BCUT2D eigenvalue weighted by molar-refractivity contribution is -0.139. The first-order valence-corrected chi connectivity index (χ1v) is 15.2. The summed E-state index contributed by atoms with van der Waals surface area (Å²) < 4.78 is 48.1. The van der Waals surface area contributed by atoms with Gasteiger partial charge in [0.1, 0.15) is 24.2 Å². The monoisotopic (exact) mass is 623 g/mol. The quantitative estimate of drug-likeness (QED) is 0.238. The molecule has 0 spiro atoms. The van der Waals surface area contributed by atoms with Crippen LogP contribution in [0.25, 0.3) is 0 Å². The highest BCUT2D eigenvalue weighted by Gasteiger charge is 2.34. The number of nitrogens with one attached hydrogen (secondary N) is 1. The second-order valence-electron chi connectivity index (χ2n) is 9.62. The normalized spacial score (nSPS) is 11.8. The smallest absolute Gasteiger partial charge is 0.264 e. The molecule has 0 aliphatic heterocycles. The highest BCUT2D eigenvalue weighted by molar-refractivity contribution is 7.92. The van der Waals surface area contributed by atoms with Gasteiger partial charge >= 0.3 is 0 Å². The molecule has 1 atom stereocenters. The van der Waals surface area contributed by atoms with Gasteiger partial charge in [0.2, 0.25) is 11.8 Å². The van der Waals surface area contributed by atoms with Gasteiger partial charge < -0.3 is 15.0 Å². The number of carbonyl (C=O) groups is 2. The molecular weight excluding hydrogens is 593 g/mol. The van der Waals surface area contributed by atoms with Crippen LogP contribution in [0.4, 0.5) is 10.1 Å². The first-order valence-electron chi connectivity index (χ1n) is 13.3. The van der Waals surface area contributed by atoms with E-state index >= 15 is 0 Å². The van der Waals surface area contributed by atoms with E-state index in [1.165, 1.54) is 37.3 Å². The predicted octanol–water partition coefficient (Wildman–Crippen LogP) is 5.07. The van der Waals surface area contributed by atoms with Gasteiger partial charge in [-0.2, -0.15) is 0 Å². The maximum absolute atomic E-state index is 14.3. The molecule has 0 aliphatic carbocycles. The van der Waals surface area contributed by atoms with Crippen LogP contribution < -0.4 is 14.4 Å². The third kappa shape index (κ3) is 7.71. The summed E-state index contributed by atoms with van der Waals surface area (Å²) in [6.07, 6.45) is 0.171. The Labute approximate surface area is 255 Å². The van der Waals surface area contributed by atoms with Crippen LogP contribution in [0.5, 0.6) is 5.75 Å². The number of ether oxygens (including phenoxy) is 1. The van der Waals surface area contributed by atoms with Gasteiger partial charge in [-0.05, 0) is 53.6 Å². The molecule has 43 heavy (non-hydrogen) atoms. The number of sulfonamides is 1. The molecule has 224 valence electrons. The van der Waals surface area contributed by atoms with Crippen LogP contribution in [0.3, 0.4) is 0 Å². The van der Waals surface area contributed by atoms with Crippen molar-refractivity contribution in [3.63, 3.8) is 0 Å². The van der Waals surface area contributed by atoms with Gasteiger partial charge in [-0.25, -0.2) is 12.8 Å². The van der Waals surface area contributed by atoms with Gasteiger partial charge in [0.05, 0.1) is 22.7 Å². The van der Waals surface area contributed by atoms with Gasteiger partial charge in [0, 0.05) is 20.0 Å². The number of nitrogens with zero attached hydrogens (tertiary/aromatic N) is 2. The van der Waals surface area contributed by atoms with E-state index in [-0.39, 0.29) is 28.6 Å². The number of carbonyl (C=O) groups excluding carboxylic acids is 2. The Balaban J connectivity index is 1.80. The second kappa shape index (κ2) is 14.2. The van der Waals surface area contributed by atoms with Gasteiger partial charge in [0.15, 0.2) is 0 Å². The molecule has 4 aromatic rings. The van der Waals surface area contributed by atoms with Crippen LogP contribution in [0.1, 0.15) is 11.1 Å². The molecule has 0 fully saturated rings. The minimum atomic E-state index is -4.32. The average Bonchev–Trinajstić information content (AvgIpc) is 3.03. The van der Waals surface area contributed by atoms with E-state index in [9.17, 15) is 22.4 Å². The fourth-order valence-corrected chi connectivity index (χ4v) is 6.18. The van der Waals surface area contributed by atoms with Crippen molar-refractivity contribution in [2.75, 3.05) is 25.0 Å². The standard InChI is InChI=1S/C32H31ClFN3O5S/c1-35-32(39)30(19-23-10-5-3-6-11-23)36(21-24-12-9-13-26(18-24)42-2)31(38)22-37(25-16-17-29(34)28(33)20-25)43(40,41)27-14-7-4-8-15-27/h3-18,20,30H,19,21-22H2,1-2H3,(H,35,39)/t30-/m0/s1. The number of hydrogen-bond acceptors (Lipinski definition) is 5. The van der Waals surface area contributed by atoms with Crippen LogP contribution >= 0.6 is 11.6 Å². The van der Waals surface area contributed by atoms with Crippen molar-refractivity contribution in [2.24, 2.45) is 0 Å². The molecule has 11 heteroatoms. The zero-order valence-electron chi connectivity index (χ0n) is 23.6. The van der Waals surface area contributed by atoms with Crippen LogP contribution in [0.2, 0.25) is 5.02 Å². The maximum Gasteiger partial charge on any atom is 0.264 e. The van der Waals surface area contributed by atoms with E-state index in [4.69, 9.17) is 16.3 Å². The number of anilines is 1. The second-order valence-corrected chi connectivity index (χ2v) is 11.9. The Kier molecular flexibility index (Phi) is 10.4. The number of likely N-dealkylation sites (N-methyl/N-ethyl adjacent to an activating group) is 1. The van der Waals surface area contributed by atoms with Crippen molar-refractivity contribution in [3.05, 3.63) is 125 Å². The van der Waals surface area contributed by atoms with Gasteiger partial charge in [-0.1, -0.05) is 72.3 Å². The molecular formula is C32H31ClFN3O5S. The molecule has 0 saturated heterocycles. The SMILES string of the molecule is CNC(=O)[C@H](Cc1ccccc1)N(Cc1cccc(OC)c1)C(=O)CN(c1ccc(F)c(Cl)c1)S(=O)(=O)c1ccccc1. The third-order valence-corrected chi connectivity index (χ3v) is 8.88. The summed E-state index contributed by atoms with van der Waals surface area (Å²) >= 11 is 6.03. The fourth-order valence-electron chi connectivity index (χ4n) is 4.58. The first-order chi connectivity index (χ1) is 20.6. The zero-order chi connectivity index (χ0) is 31.0. The number of methoxy groups -OCH3 is 1. The Bertz CT molecular complexity index is 1670. The molecule has 0 bridgehead atoms. The summed E-state index contributed by atoms with van der Waals surface area (Å²) in [4.78, 5) is 28.9. The minimum Gasteiger partial charge on any atom is -0.497 e. The molecule has 0 unspecified atom stereocenters. The van der Waals surface area contributed by atoms with E-state index in [0.29, 0.717) is 11.3 Å². The van der Waals surface area contributed by atoms with Crippen LogP contribution in [-0.2, 0) is 32.6 Å². The lowest BCUT2D eigenvalue weighted by atomic mass is 10.0. The minimum absolute atomic E-state index is 0.00974. The Morgan fingerprint density at radius 2 is 1.56 bits per heavy atom. The van der Waals surface area contributed by atoms with Crippen molar-refractivity contribution in [2.45, 2.75) is 23.9 Å². The molecule has 2 amide bonds. The van der Waals surface area contributed by atoms with Gasteiger partial charge in [0.25, 0.3) is 10.0 Å². The number of hydrogen-bond donors (Lipinski definition) is 1. The highest BCUT2D eigenvalue weighted by atomic mass is 35.5. The summed E-state index contributed by atoms with van der Waals surface area (Å²) in [5, 5.41) is 2.33. The molecule has 4 rings (SSSR count). The Morgan fingerprint density at radius 1 is 0.907 bits per heavy atom. The number of benzene rings is 4. The lowest BCUT2D eigenvalue weighted by Gasteiger charge is -2.33. The van der Waals surface area contributed by atoms with E-state index < -0.39 is 40.2 Å². The van der Waals surface area contributed by atoms with Crippen molar-refractivity contribution in [1.29, 1.82) is 0 Å². The molecule has 1 N–H and O–H groups in total. The van der Waals surface area contributed by atoms with E-state index in [1.807, 2.05) is 30.3 Å². The highest BCUT2D eigenvalue weighted by Crippen LogP contribution is 2.28. The number of halogens is 2. The first kappa shape index (κ1) is 31.5. The van der Waals surface area contributed by atoms with Crippen LogP contribution in [0.15, 0.2) is 108 Å². The summed E-state index contributed by atoms with van der Waals surface area (Å²) in [7, 11) is -1.33. The van der Waals surface area contributed by atoms with E-state index in [0.717, 1.165) is 22.0 Å². The van der Waals surface area contributed by atoms with Crippen molar-refractivity contribution in [3.8, 4) is 5.75 Å². The molecule has 0 saturated carbocycles. The average molecular weight is 624 g/mol. The van der Waals surface area contributed by atoms with E-state index in [2.05, 4.69) is 5.32 Å². The molecule has 4 aromatic carbocycles. The molecule has 0 heterocycles. The topological polar surface area (TPSA) is 96.0 Å². The number of amides is 2. The van der Waals surface area contributed by atoms with Crippen molar-refractivity contribution >= 4 is 39.1 Å². The summed E-state index contributed by atoms with van der Waals surface area (Å²) in [5.74, 6) is -1.27. The molecule has 0 aromatic heterocycles. The third-order valence-electron chi connectivity index (χ3n) is 6.81. The van der Waals surface area contributed by atoms with Crippen LogP contribution in [-0.4, -0.2) is 51.9 Å². The molecule has 0 aliphatic rings. The summed E-state index contributed by atoms with van der Waals surface area (Å²) in [6, 6.07) is 26.2. The Morgan fingerprint density at radius 3 is 2.19 bits per heavy atom. The maximum atomic E-state index is 14.3. The number of rotatable bonds is 12. The van der Waals surface area contributed by atoms with Crippen molar-refractivity contribution < 1.29 is 27.1 Å². The van der Waals surface area contributed by atoms with Crippen LogP contribution in [0, 0.1) is 5.82 Å². The predicted molar refractivity (Wildman–Crippen MR) is 164 cm³/mol. The molecule has 0 radical (unpaired) electrons. The lowest BCUT2D eigenvalue weighted by Crippen LogP contribution is -2.53.